The van der Waals surface area contributed by atoms with E-state index in [1.165, 1.54) is 6.42 Å². The van der Waals surface area contributed by atoms with E-state index >= 15 is 0 Å². The minimum atomic E-state index is 0.134. The Kier molecular flexibility index (Phi) is 4.90. The number of benzene rings is 1. The molecule has 3 aliphatic rings. The smallest absolute Gasteiger partial charge is 0.227 e. The molecule has 2 aromatic rings. The number of rotatable bonds is 4. The van der Waals surface area contributed by atoms with Crippen molar-refractivity contribution in [1.82, 2.24) is 4.90 Å². The number of amides is 2. The van der Waals surface area contributed by atoms with Gasteiger partial charge in [-0.15, -0.1) is 0 Å². The topological polar surface area (TPSA) is 62.6 Å². The van der Waals surface area contributed by atoms with Gasteiger partial charge in [0.25, 0.3) is 0 Å². The van der Waals surface area contributed by atoms with Gasteiger partial charge in [0, 0.05) is 48.2 Å². The SMILES string of the molecule is O=C(Nc1cccc(-c2cc3c(o2)CCN(C(=O)C2CC2)C3)c1)C1CCCCC1. The van der Waals surface area contributed by atoms with Crippen molar-refractivity contribution in [2.24, 2.45) is 11.8 Å². The van der Waals surface area contributed by atoms with Crippen LogP contribution in [0.5, 0.6) is 0 Å². The summed E-state index contributed by atoms with van der Waals surface area (Å²) in [7, 11) is 0. The van der Waals surface area contributed by atoms with E-state index in [-0.39, 0.29) is 17.7 Å². The molecule has 2 aliphatic carbocycles. The lowest BCUT2D eigenvalue weighted by atomic mass is 9.88. The first-order valence-electron chi connectivity index (χ1n) is 11.0. The third kappa shape index (κ3) is 3.96. The summed E-state index contributed by atoms with van der Waals surface area (Å²) < 4.78 is 6.12. The maximum absolute atomic E-state index is 12.6. The second-order valence-electron chi connectivity index (χ2n) is 8.75. The summed E-state index contributed by atoms with van der Waals surface area (Å²) in [6.07, 6.45) is 8.38. The van der Waals surface area contributed by atoms with Gasteiger partial charge in [-0.05, 0) is 43.9 Å². The third-order valence-electron chi connectivity index (χ3n) is 6.50. The molecule has 1 aliphatic heterocycles. The molecule has 0 spiro atoms. The van der Waals surface area contributed by atoms with Crippen LogP contribution in [-0.2, 0) is 22.6 Å². The molecule has 29 heavy (non-hydrogen) atoms. The molecule has 2 heterocycles. The maximum atomic E-state index is 12.6. The largest absolute Gasteiger partial charge is 0.461 e. The van der Waals surface area contributed by atoms with E-state index in [1.807, 2.05) is 29.2 Å². The van der Waals surface area contributed by atoms with E-state index < -0.39 is 0 Å². The summed E-state index contributed by atoms with van der Waals surface area (Å²) in [5.41, 5.74) is 2.88. The molecular formula is C24H28N2O3. The first kappa shape index (κ1) is 18.5. The molecule has 0 atom stereocenters. The van der Waals surface area contributed by atoms with Crippen molar-refractivity contribution in [2.75, 3.05) is 11.9 Å². The first-order valence-corrected chi connectivity index (χ1v) is 11.0. The van der Waals surface area contributed by atoms with Crippen LogP contribution in [0, 0.1) is 11.8 Å². The highest BCUT2D eigenvalue weighted by molar-refractivity contribution is 5.93. The van der Waals surface area contributed by atoms with Crippen molar-refractivity contribution < 1.29 is 14.0 Å². The van der Waals surface area contributed by atoms with E-state index in [4.69, 9.17) is 4.42 Å². The van der Waals surface area contributed by atoms with Gasteiger partial charge in [0.2, 0.25) is 11.8 Å². The number of nitrogens with zero attached hydrogens (tertiary/aromatic N) is 1. The van der Waals surface area contributed by atoms with E-state index in [2.05, 4.69) is 11.4 Å². The molecule has 0 unspecified atom stereocenters. The number of hydrogen-bond donors (Lipinski definition) is 1. The van der Waals surface area contributed by atoms with Crippen LogP contribution in [0.3, 0.4) is 0 Å². The molecule has 1 aromatic heterocycles. The van der Waals surface area contributed by atoms with Crippen LogP contribution >= 0.6 is 0 Å². The zero-order chi connectivity index (χ0) is 19.8. The van der Waals surface area contributed by atoms with Crippen molar-refractivity contribution in [2.45, 2.75) is 57.9 Å². The lowest BCUT2D eigenvalue weighted by Crippen LogP contribution is -2.36. The molecule has 0 saturated heterocycles. The van der Waals surface area contributed by atoms with Crippen LogP contribution in [-0.4, -0.2) is 23.3 Å². The highest BCUT2D eigenvalue weighted by Gasteiger charge is 2.35. The Balaban J connectivity index is 1.30. The maximum Gasteiger partial charge on any atom is 0.227 e. The quantitative estimate of drug-likeness (QED) is 0.816. The zero-order valence-electron chi connectivity index (χ0n) is 16.8. The number of carbonyl (C=O) groups is 2. The normalized spacial score (nSPS) is 19.7. The highest BCUT2D eigenvalue weighted by atomic mass is 16.3. The van der Waals surface area contributed by atoms with E-state index in [1.54, 1.807) is 0 Å². The fraction of sp³-hybridized carbons (Fsp3) is 0.500. The van der Waals surface area contributed by atoms with Crippen LogP contribution in [0.15, 0.2) is 34.7 Å². The van der Waals surface area contributed by atoms with Crippen LogP contribution in [0.2, 0.25) is 0 Å². The standard InChI is InChI=1S/C24H28N2O3/c27-23(16-5-2-1-3-6-16)25-20-8-4-7-18(13-20)22-14-19-15-26(12-11-21(19)29-22)24(28)17-9-10-17/h4,7-8,13-14,16-17H,1-3,5-6,9-12,15H2,(H,25,27). The van der Waals surface area contributed by atoms with Gasteiger partial charge in [-0.1, -0.05) is 31.4 Å². The third-order valence-corrected chi connectivity index (χ3v) is 6.50. The molecule has 5 nitrogen and oxygen atoms in total. The zero-order valence-corrected chi connectivity index (χ0v) is 16.8. The number of fused-ring (bicyclic) bond motifs is 1. The van der Waals surface area contributed by atoms with E-state index in [0.29, 0.717) is 12.5 Å². The van der Waals surface area contributed by atoms with Gasteiger partial charge < -0.3 is 14.6 Å². The Labute approximate surface area is 171 Å². The summed E-state index contributed by atoms with van der Waals surface area (Å²) in [4.78, 5) is 26.9. The van der Waals surface area contributed by atoms with Gasteiger partial charge in [-0.2, -0.15) is 0 Å². The predicted octanol–water partition coefficient (Wildman–Crippen LogP) is 4.76. The van der Waals surface area contributed by atoms with Crippen LogP contribution < -0.4 is 5.32 Å². The van der Waals surface area contributed by atoms with Gasteiger partial charge in [0.1, 0.15) is 11.5 Å². The van der Waals surface area contributed by atoms with Crippen molar-refractivity contribution in [3.05, 3.63) is 41.7 Å². The summed E-state index contributed by atoms with van der Waals surface area (Å²) >= 11 is 0. The van der Waals surface area contributed by atoms with Crippen LogP contribution in [0.4, 0.5) is 5.69 Å². The molecule has 2 amide bonds. The van der Waals surface area contributed by atoms with Crippen LogP contribution in [0.25, 0.3) is 11.3 Å². The molecule has 1 N–H and O–H groups in total. The van der Waals surface area contributed by atoms with E-state index in [9.17, 15) is 9.59 Å². The van der Waals surface area contributed by atoms with Crippen molar-refractivity contribution in [3.63, 3.8) is 0 Å². The molecule has 2 fully saturated rings. The number of hydrogen-bond acceptors (Lipinski definition) is 3. The van der Waals surface area contributed by atoms with Gasteiger partial charge in [-0.25, -0.2) is 0 Å². The second kappa shape index (κ2) is 7.69. The van der Waals surface area contributed by atoms with Gasteiger partial charge >= 0.3 is 0 Å². The Morgan fingerprint density at radius 1 is 1.00 bits per heavy atom. The molecule has 2 saturated carbocycles. The first-order chi connectivity index (χ1) is 14.2. The Morgan fingerprint density at radius 3 is 2.62 bits per heavy atom. The molecule has 5 rings (SSSR count). The van der Waals surface area contributed by atoms with Crippen molar-refractivity contribution in [1.29, 1.82) is 0 Å². The van der Waals surface area contributed by atoms with Gasteiger partial charge in [0.15, 0.2) is 0 Å². The summed E-state index contributed by atoms with van der Waals surface area (Å²) in [6.45, 7) is 1.39. The Morgan fingerprint density at radius 2 is 1.83 bits per heavy atom. The molecule has 0 bridgehead atoms. The van der Waals surface area contributed by atoms with Crippen molar-refractivity contribution in [3.8, 4) is 11.3 Å². The second-order valence-corrected chi connectivity index (χ2v) is 8.75. The lowest BCUT2D eigenvalue weighted by Gasteiger charge is -2.26. The van der Waals surface area contributed by atoms with E-state index in [0.717, 1.165) is 79.8 Å². The highest BCUT2D eigenvalue weighted by Crippen LogP contribution is 2.35. The Hall–Kier alpha value is -2.56. The van der Waals surface area contributed by atoms with Crippen LogP contribution in [0.1, 0.15) is 56.3 Å². The van der Waals surface area contributed by atoms with Gasteiger partial charge in [-0.3, -0.25) is 9.59 Å². The lowest BCUT2D eigenvalue weighted by molar-refractivity contribution is -0.133. The average Bonchev–Trinajstić information content (AvgIpc) is 3.52. The molecule has 5 heteroatoms. The summed E-state index contributed by atoms with van der Waals surface area (Å²) in [5, 5.41) is 3.09. The number of nitrogens with one attached hydrogen (secondary N) is 1. The summed E-state index contributed by atoms with van der Waals surface area (Å²) in [5.74, 6) is 2.62. The number of carbonyl (C=O) groups excluding carboxylic acids is 2. The number of anilines is 1. The minimum absolute atomic E-state index is 0.134. The van der Waals surface area contributed by atoms with Crippen molar-refractivity contribution >= 4 is 17.5 Å². The number of furan rings is 1. The predicted molar refractivity (Wildman–Crippen MR) is 111 cm³/mol. The average molecular weight is 392 g/mol. The fourth-order valence-electron chi connectivity index (χ4n) is 4.61. The fourth-order valence-corrected chi connectivity index (χ4v) is 4.61. The molecular weight excluding hydrogens is 364 g/mol. The molecule has 1 aromatic carbocycles. The summed E-state index contributed by atoms with van der Waals surface area (Å²) in [6, 6.07) is 9.94. The monoisotopic (exact) mass is 392 g/mol. The molecule has 152 valence electrons. The Bertz CT molecular complexity index is 922. The minimum Gasteiger partial charge on any atom is -0.461 e. The van der Waals surface area contributed by atoms with Gasteiger partial charge in [0.05, 0.1) is 0 Å². The molecule has 0 radical (unpaired) electrons.